The summed E-state index contributed by atoms with van der Waals surface area (Å²) < 4.78 is 0. The number of unbranched alkanes of at least 4 members (excludes halogenated alkanes) is 5. The van der Waals surface area contributed by atoms with Gasteiger partial charge in [0.15, 0.2) is 0 Å². The first-order chi connectivity index (χ1) is 7.86. The van der Waals surface area contributed by atoms with Crippen LogP contribution in [-0.4, -0.2) is 12.6 Å². The maximum Gasteiger partial charge on any atom is 0.00698 e. The maximum atomic E-state index is 3.74. The van der Waals surface area contributed by atoms with Gasteiger partial charge < -0.3 is 5.32 Å². The Morgan fingerprint density at radius 2 is 1.69 bits per heavy atom. The van der Waals surface area contributed by atoms with Crippen molar-refractivity contribution in [3.63, 3.8) is 0 Å². The van der Waals surface area contributed by atoms with Gasteiger partial charge in [0.25, 0.3) is 0 Å². The average molecular weight is 225 g/mol. The van der Waals surface area contributed by atoms with E-state index in [-0.39, 0.29) is 0 Å². The van der Waals surface area contributed by atoms with Crippen LogP contribution in [0.4, 0.5) is 0 Å². The van der Waals surface area contributed by atoms with Gasteiger partial charge in [0.05, 0.1) is 0 Å². The van der Waals surface area contributed by atoms with Gasteiger partial charge in [-0.3, -0.25) is 0 Å². The standard InChI is InChI=1S/C15H31N/c1-3-5-6-7-8-9-12-16-15-11-10-14(4-2)13-15/h14-16H,3-13H2,1-2H3. The molecule has 1 N–H and O–H groups in total. The molecule has 1 nitrogen and oxygen atoms in total. The highest BCUT2D eigenvalue weighted by Crippen LogP contribution is 2.27. The molecule has 96 valence electrons. The van der Waals surface area contributed by atoms with Crippen LogP contribution >= 0.6 is 0 Å². The van der Waals surface area contributed by atoms with Crippen molar-refractivity contribution in [3.05, 3.63) is 0 Å². The monoisotopic (exact) mass is 225 g/mol. The zero-order valence-corrected chi connectivity index (χ0v) is 11.4. The van der Waals surface area contributed by atoms with Crippen LogP contribution in [0.15, 0.2) is 0 Å². The van der Waals surface area contributed by atoms with E-state index >= 15 is 0 Å². The second kappa shape index (κ2) is 9.04. The zero-order chi connectivity index (χ0) is 11.6. The smallest absolute Gasteiger partial charge is 0.00698 e. The number of hydrogen-bond acceptors (Lipinski definition) is 1. The molecule has 0 aromatic rings. The van der Waals surface area contributed by atoms with E-state index in [0.717, 1.165) is 12.0 Å². The average Bonchev–Trinajstić information content (AvgIpc) is 2.76. The van der Waals surface area contributed by atoms with Gasteiger partial charge in [-0.2, -0.15) is 0 Å². The van der Waals surface area contributed by atoms with Crippen molar-refractivity contribution >= 4 is 0 Å². The quantitative estimate of drug-likeness (QED) is 0.569. The number of hydrogen-bond donors (Lipinski definition) is 1. The summed E-state index contributed by atoms with van der Waals surface area (Å²) in [5.74, 6) is 1.02. The first-order valence-corrected chi connectivity index (χ1v) is 7.60. The predicted octanol–water partition coefficient (Wildman–Crippen LogP) is 4.52. The van der Waals surface area contributed by atoms with Crippen LogP contribution in [-0.2, 0) is 0 Å². The lowest BCUT2D eigenvalue weighted by atomic mass is 10.1. The summed E-state index contributed by atoms with van der Waals surface area (Å²) in [7, 11) is 0. The Hall–Kier alpha value is -0.0400. The van der Waals surface area contributed by atoms with Gasteiger partial charge >= 0.3 is 0 Å². The molecule has 0 spiro atoms. The van der Waals surface area contributed by atoms with Crippen molar-refractivity contribution in [1.82, 2.24) is 5.32 Å². The molecule has 1 saturated carbocycles. The van der Waals surface area contributed by atoms with E-state index in [0.29, 0.717) is 0 Å². The highest BCUT2D eigenvalue weighted by molar-refractivity contribution is 4.79. The Kier molecular flexibility index (Phi) is 7.92. The third-order valence-electron chi connectivity index (χ3n) is 4.08. The first kappa shape index (κ1) is 14.0. The molecule has 1 aliphatic carbocycles. The molecule has 1 aliphatic rings. The van der Waals surface area contributed by atoms with E-state index in [9.17, 15) is 0 Å². The second-order valence-corrected chi connectivity index (χ2v) is 5.51. The van der Waals surface area contributed by atoms with E-state index in [1.807, 2.05) is 0 Å². The topological polar surface area (TPSA) is 12.0 Å². The van der Waals surface area contributed by atoms with Gasteiger partial charge in [-0.1, -0.05) is 52.4 Å². The molecule has 16 heavy (non-hydrogen) atoms. The lowest BCUT2D eigenvalue weighted by Gasteiger charge is -2.12. The fraction of sp³-hybridized carbons (Fsp3) is 1.00. The van der Waals surface area contributed by atoms with Crippen LogP contribution in [0.3, 0.4) is 0 Å². The lowest BCUT2D eigenvalue weighted by molar-refractivity contribution is 0.466. The molecule has 0 aromatic heterocycles. The van der Waals surface area contributed by atoms with Crippen LogP contribution in [0.5, 0.6) is 0 Å². The Morgan fingerprint density at radius 1 is 0.938 bits per heavy atom. The van der Waals surface area contributed by atoms with Crippen molar-refractivity contribution in [2.24, 2.45) is 5.92 Å². The minimum atomic E-state index is 0.848. The van der Waals surface area contributed by atoms with Gasteiger partial charge in [-0.25, -0.2) is 0 Å². The molecule has 0 aromatic carbocycles. The lowest BCUT2D eigenvalue weighted by Crippen LogP contribution is -2.27. The van der Waals surface area contributed by atoms with Gasteiger partial charge in [0.1, 0.15) is 0 Å². The van der Waals surface area contributed by atoms with E-state index in [1.165, 1.54) is 70.8 Å². The summed E-state index contributed by atoms with van der Waals surface area (Å²) in [6, 6.07) is 0.848. The summed E-state index contributed by atoms with van der Waals surface area (Å²) in [5.41, 5.74) is 0. The summed E-state index contributed by atoms with van der Waals surface area (Å²) in [6.07, 6.45) is 14.2. The van der Waals surface area contributed by atoms with Gasteiger partial charge in [0.2, 0.25) is 0 Å². The molecule has 0 heterocycles. The fourth-order valence-corrected chi connectivity index (χ4v) is 2.84. The highest BCUT2D eigenvalue weighted by atomic mass is 14.9. The molecule has 0 amide bonds. The van der Waals surface area contributed by atoms with Crippen LogP contribution in [0.25, 0.3) is 0 Å². The summed E-state index contributed by atoms with van der Waals surface area (Å²) in [6.45, 7) is 5.87. The molecule has 0 bridgehead atoms. The van der Waals surface area contributed by atoms with Crippen LogP contribution in [0.1, 0.15) is 78.1 Å². The molecule has 2 unspecified atom stereocenters. The minimum absolute atomic E-state index is 0.848. The van der Waals surface area contributed by atoms with Crippen molar-refractivity contribution < 1.29 is 0 Å². The molecule has 0 aliphatic heterocycles. The molecule has 0 saturated heterocycles. The largest absolute Gasteiger partial charge is 0.314 e. The number of nitrogens with one attached hydrogen (secondary N) is 1. The molecule has 1 heteroatoms. The highest BCUT2D eigenvalue weighted by Gasteiger charge is 2.22. The van der Waals surface area contributed by atoms with Crippen molar-refractivity contribution in [2.75, 3.05) is 6.54 Å². The summed E-state index contributed by atoms with van der Waals surface area (Å²) >= 11 is 0. The van der Waals surface area contributed by atoms with Crippen molar-refractivity contribution in [2.45, 2.75) is 84.1 Å². The molecular weight excluding hydrogens is 194 g/mol. The zero-order valence-electron chi connectivity index (χ0n) is 11.4. The van der Waals surface area contributed by atoms with Gasteiger partial charge in [-0.05, 0) is 38.1 Å². The van der Waals surface area contributed by atoms with Crippen LogP contribution in [0, 0.1) is 5.92 Å². The maximum absolute atomic E-state index is 3.74. The Labute approximate surface area is 102 Å². The van der Waals surface area contributed by atoms with E-state index < -0.39 is 0 Å². The molecule has 1 fully saturated rings. The van der Waals surface area contributed by atoms with E-state index in [2.05, 4.69) is 19.2 Å². The third kappa shape index (κ3) is 5.89. The van der Waals surface area contributed by atoms with Crippen molar-refractivity contribution in [1.29, 1.82) is 0 Å². The number of rotatable bonds is 9. The fourth-order valence-electron chi connectivity index (χ4n) is 2.84. The molecular formula is C15H31N. The van der Waals surface area contributed by atoms with Crippen LogP contribution in [0.2, 0.25) is 0 Å². The third-order valence-corrected chi connectivity index (χ3v) is 4.08. The van der Waals surface area contributed by atoms with Gasteiger partial charge in [-0.15, -0.1) is 0 Å². The first-order valence-electron chi connectivity index (χ1n) is 7.60. The normalized spacial score (nSPS) is 25.1. The molecule has 0 radical (unpaired) electrons. The van der Waals surface area contributed by atoms with E-state index in [1.54, 1.807) is 0 Å². The summed E-state index contributed by atoms with van der Waals surface area (Å²) in [5, 5.41) is 3.74. The Balaban J connectivity index is 1.84. The Bertz CT molecular complexity index is 156. The van der Waals surface area contributed by atoms with Crippen molar-refractivity contribution in [3.8, 4) is 0 Å². The second-order valence-electron chi connectivity index (χ2n) is 5.51. The molecule has 1 rings (SSSR count). The van der Waals surface area contributed by atoms with Crippen LogP contribution < -0.4 is 5.32 Å². The minimum Gasteiger partial charge on any atom is -0.314 e. The van der Waals surface area contributed by atoms with Gasteiger partial charge in [0, 0.05) is 6.04 Å². The summed E-state index contributed by atoms with van der Waals surface area (Å²) in [4.78, 5) is 0. The predicted molar refractivity (Wildman–Crippen MR) is 72.8 cm³/mol. The van der Waals surface area contributed by atoms with E-state index in [4.69, 9.17) is 0 Å². The SMILES string of the molecule is CCCCCCCCNC1CCC(CC)C1. The Morgan fingerprint density at radius 3 is 2.38 bits per heavy atom. The molecule has 2 atom stereocenters.